The Morgan fingerprint density at radius 3 is 2.63 bits per heavy atom. The van der Waals surface area contributed by atoms with Crippen LogP contribution in [0.15, 0.2) is 29.2 Å². The number of hydrogen-bond donors (Lipinski definition) is 1. The Morgan fingerprint density at radius 1 is 1.20 bits per heavy atom. The molecule has 1 saturated heterocycles. The van der Waals surface area contributed by atoms with Crippen molar-refractivity contribution in [2.45, 2.75) is 63.8 Å². The van der Waals surface area contributed by atoms with E-state index in [0.29, 0.717) is 28.2 Å². The Labute approximate surface area is 188 Å². The molecule has 2 fully saturated rings. The molecule has 1 aromatic carbocycles. The average molecular weight is 447 g/mol. The second-order valence-electron chi connectivity index (χ2n) is 7.82. The highest BCUT2D eigenvalue weighted by molar-refractivity contribution is 8.26. The van der Waals surface area contributed by atoms with Crippen molar-refractivity contribution in [3.8, 4) is 5.75 Å². The van der Waals surface area contributed by atoms with E-state index in [9.17, 15) is 9.59 Å². The van der Waals surface area contributed by atoms with Gasteiger partial charge < -0.3 is 10.1 Å². The van der Waals surface area contributed by atoms with E-state index in [0.717, 1.165) is 43.4 Å². The number of unbranched alkanes of at least 4 members (excludes halogenated alkanes) is 2. The zero-order chi connectivity index (χ0) is 21.3. The standard InChI is InChI=1S/C23H30N2O3S2/c1-28-19-13-11-17(12-14-19)16-20-22(27)25(23(29)30-20)15-7-3-6-10-21(26)24-18-8-4-2-5-9-18/h11-14,16,18H,2-10,15H2,1H3,(H,24,26)/b20-16-. The topological polar surface area (TPSA) is 58.6 Å². The van der Waals surface area contributed by atoms with Crippen molar-refractivity contribution in [2.24, 2.45) is 0 Å². The molecule has 0 atom stereocenters. The SMILES string of the molecule is COc1ccc(/C=C2\SC(=S)N(CCCCCC(=O)NC3CCCCC3)C2=O)cc1. The first kappa shape index (κ1) is 22.8. The van der Waals surface area contributed by atoms with Crippen molar-refractivity contribution in [1.29, 1.82) is 0 Å². The van der Waals surface area contributed by atoms with E-state index >= 15 is 0 Å². The number of nitrogens with zero attached hydrogens (tertiary/aromatic N) is 1. The quantitative estimate of drug-likeness (QED) is 0.332. The van der Waals surface area contributed by atoms with E-state index in [1.54, 1.807) is 12.0 Å². The molecule has 5 nitrogen and oxygen atoms in total. The first-order valence-electron chi connectivity index (χ1n) is 10.8. The van der Waals surface area contributed by atoms with Gasteiger partial charge in [-0.05, 0) is 49.5 Å². The van der Waals surface area contributed by atoms with Gasteiger partial charge in [0.05, 0.1) is 12.0 Å². The predicted octanol–water partition coefficient (Wildman–Crippen LogP) is 4.91. The Balaban J connectivity index is 1.38. The number of ether oxygens (including phenoxy) is 1. The fourth-order valence-corrected chi connectivity index (χ4v) is 5.13. The first-order valence-corrected chi connectivity index (χ1v) is 12.0. The summed E-state index contributed by atoms with van der Waals surface area (Å²) in [6.45, 7) is 0.606. The number of rotatable bonds is 9. The van der Waals surface area contributed by atoms with Crippen molar-refractivity contribution in [3.05, 3.63) is 34.7 Å². The molecule has 1 aliphatic heterocycles. The molecule has 2 amide bonds. The molecule has 0 bridgehead atoms. The summed E-state index contributed by atoms with van der Waals surface area (Å²) < 4.78 is 5.77. The van der Waals surface area contributed by atoms with Gasteiger partial charge in [0.1, 0.15) is 10.1 Å². The number of hydrogen-bond acceptors (Lipinski definition) is 5. The van der Waals surface area contributed by atoms with Crippen molar-refractivity contribution < 1.29 is 14.3 Å². The van der Waals surface area contributed by atoms with E-state index in [1.165, 1.54) is 31.0 Å². The Hall–Kier alpha value is -1.86. The highest BCUT2D eigenvalue weighted by Crippen LogP contribution is 2.33. The lowest BCUT2D eigenvalue weighted by atomic mass is 9.95. The van der Waals surface area contributed by atoms with Gasteiger partial charge in [-0.2, -0.15) is 0 Å². The van der Waals surface area contributed by atoms with Crippen LogP contribution < -0.4 is 10.1 Å². The molecule has 1 saturated carbocycles. The van der Waals surface area contributed by atoms with Crippen LogP contribution in [0.5, 0.6) is 5.75 Å². The predicted molar refractivity (Wildman–Crippen MR) is 126 cm³/mol. The molecular weight excluding hydrogens is 416 g/mol. The summed E-state index contributed by atoms with van der Waals surface area (Å²) in [4.78, 5) is 27.1. The molecule has 1 N–H and O–H groups in total. The number of carbonyl (C=O) groups is 2. The van der Waals surface area contributed by atoms with Crippen molar-refractivity contribution in [3.63, 3.8) is 0 Å². The molecule has 1 heterocycles. The summed E-state index contributed by atoms with van der Waals surface area (Å²) in [6.07, 6.45) is 11.0. The maximum Gasteiger partial charge on any atom is 0.266 e. The van der Waals surface area contributed by atoms with Gasteiger partial charge in [0.2, 0.25) is 5.91 Å². The fourth-order valence-electron chi connectivity index (χ4n) is 3.82. The number of thioether (sulfide) groups is 1. The third-order valence-corrected chi connectivity index (χ3v) is 6.92. The Kier molecular flexibility index (Phi) is 8.75. The van der Waals surface area contributed by atoms with E-state index in [1.807, 2.05) is 30.3 Å². The number of amides is 2. The summed E-state index contributed by atoms with van der Waals surface area (Å²) in [5.41, 5.74) is 0.945. The van der Waals surface area contributed by atoms with E-state index in [-0.39, 0.29) is 11.8 Å². The number of carbonyl (C=O) groups excluding carboxylic acids is 2. The van der Waals surface area contributed by atoms with Gasteiger partial charge >= 0.3 is 0 Å². The number of nitrogens with one attached hydrogen (secondary N) is 1. The molecule has 0 spiro atoms. The van der Waals surface area contributed by atoms with Gasteiger partial charge in [-0.3, -0.25) is 14.5 Å². The molecule has 1 aliphatic carbocycles. The second-order valence-corrected chi connectivity index (χ2v) is 9.50. The van der Waals surface area contributed by atoms with Gasteiger partial charge in [0, 0.05) is 19.0 Å². The van der Waals surface area contributed by atoms with Crippen LogP contribution in [0, 0.1) is 0 Å². The Bertz CT molecular complexity index is 786. The average Bonchev–Trinajstić information content (AvgIpc) is 3.02. The largest absolute Gasteiger partial charge is 0.497 e. The summed E-state index contributed by atoms with van der Waals surface area (Å²) >= 11 is 6.75. The smallest absolute Gasteiger partial charge is 0.266 e. The second kappa shape index (κ2) is 11.5. The molecule has 3 rings (SSSR count). The lowest BCUT2D eigenvalue weighted by molar-refractivity contribution is -0.123. The van der Waals surface area contributed by atoms with Gasteiger partial charge in [-0.1, -0.05) is 61.8 Å². The van der Waals surface area contributed by atoms with Gasteiger partial charge in [0.15, 0.2) is 0 Å². The molecule has 2 aliphatic rings. The lowest BCUT2D eigenvalue weighted by Gasteiger charge is -2.22. The van der Waals surface area contributed by atoms with Crippen LogP contribution in [0.2, 0.25) is 0 Å². The van der Waals surface area contributed by atoms with Crippen LogP contribution in [-0.4, -0.2) is 40.7 Å². The third kappa shape index (κ3) is 6.57. The van der Waals surface area contributed by atoms with E-state index in [4.69, 9.17) is 17.0 Å². The van der Waals surface area contributed by atoms with Crippen LogP contribution in [0.1, 0.15) is 63.4 Å². The van der Waals surface area contributed by atoms with Crippen molar-refractivity contribution >= 4 is 46.2 Å². The summed E-state index contributed by atoms with van der Waals surface area (Å²) in [5.74, 6) is 0.915. The fraction of sp³-hybridized carbons (Fsp3) is 0.522. The maximum atomic E-state index is 12.7. The molecule has 0 aromatic heterocycles. The maximum absolute atomic E-state index is 12.7. The van der Waals surface area contributed by atoms with Gasteiger partial charge in [-0.15, -0.1) is 0 Å². The van der Waals surface area contributed by atoms with E-state index in [2.05, 4.69) is 5.32 Å². The minimum absolute atomic E-state index is 0.0316. The minimum Gasteiger partial charge on any atom is -0.497 e. The molecule has 7 heteroatoms. The normalized spacial score (nSPS) is 18.8. The number of methoxy groups -OCH3 is 1. The van der Waals surface area contributed by atoms with Crippen LogP contribution in [-0.2, 0) is 9.59 Å². The van der Waals surface area contributed by atoms with Crippen LogP contribution in [0.25, 0.3) is 6.08 Å². The highest BCUT2D eigenvalue weighted by atomic mass is 32.2. The summed E-state index contributed by atoms with van der Waals surface area (Å²) in [7, 11) is 1.63. The number of thiocarbonyl (C=S) groups is 1. The third-order valence-electron chi connectivity index (χ3n) is 5.54. The lowest BCUT2D eigenvalue weighted by Crippen LogP contribution is -2.36. The zero-order valence-corrected chi connectivity index (χ0v) is 19.2. The highest BCUT2D eigenvalue weighted by Gasteiger charge is 2.31. The minimum atomic E-state index is -0.0316. The molecule has 1 aromatic rings. The number of benzene rings is 1. The van der Waals surface area contributed by atoms with Crippen molar-refractivity contribution in [1.82, 2.24) is 10.2 Å². The summed E-state index contributed by atoms with van der Waals surface area (Å²) in [6, 6.07) is 7.96. The molecule has 162 valence electrons. The monoisotopic (exact) mass is 446 g/mol. The molecular formula is C23H30N2O3S2. The van der Waals surface area contributed by atoms with Crippen molar-refractivity contribution in [2.75, 3.05) is 13.7 Å². The summed E-state index contributed by atoms with van der Waals surface area (Å²) in [5, 5.41) is 3.16. The zero-order valence-electron chi connectivity index (χ0n) is 17.5. The van der Waals surface area contributed by atoms with Gasteiger partial charge in [-0.25, -0.2) is 0 Å². The van der Waals surface area contributed by atoms with Gasteiger partial charge in [0.25, 0.3) is 5.91 Å². The molecule has 30 heavy (non-hydrogen) atoms. The molecule has 0 unspecified atom stereocenters. The van der Waals surface area contributed by atoms with Crippen LogP contribution in [0.4, 0.5) is 0 Å². The Morgan fingerprint density at radius 2 is 1.93 bits per heavy atom. The van der Waals surface area contributed by atoms with Crippen LogP contribution in [0.3, 0.4) is 0 Å². The van der Waals surface area contributed by atoms with E-state index < -0.39 is 0 Å². The first-order chi connectivity index (χ1) is 14.6. The molecule has 0 radical (unpaired) electrons. The van der Waals surface area contributed by atoms with Crippen LogP contribution >= 0.6 is 24.0 Å².